The Balaban J connectivity index is 1.88. The molecule has 0 spiro atoms. The summed E-state index contributed by atoms with van der Waals surface area (Å²) in [7, 11) is 1.33. The molecule has 0 bridgehead atoms. The summed E-state index contributed by atoms with van der Waals surface area (Å²) in [5.74, 6) is 0.109. The van der Waals surface area contributed by atoms with Crippen molar-refractivity contribution in [2.45, 2.75) is 51.4 Å². The van der Waals surface area contributed by atoms with Crippen LogP contribution in [0.1, 0.15) is 62.2 Å². The third-order valence-corrected chi connectivity index (χ3v) is 5.17. The first-order valence-corrected chi connectivity index (χ1v) is 8.55. The Morgan fingerprint density at radius 1 is 1.04 bits per heavy atom. The number of nitrogens with one attached hydrogen (secondary N) is 1. The van der Waals surface area contributed by atoms with E-state index in [-0.39, 0.29) is 16.5 Å². The molecule has 1 N–H and O–H groups in total. The average Bonchev–Trinajstić information content (AvgIpc) is 2.59. The number of hydrogen-bond acceptors (Lipinski definition) is 5. The lowest BCUT2D eigenvalue weighted by Crippen LogP contribution is -2.33. The van der Waals surface area contributed by atoms with Crippen LogP contribution in [-0.2, 0) is 15.6 Å². The predicted octanol–water partition coefficient (Wildman–Crippen LogP) is 4.36. The maximum Gasteiger partial charge on any atom is 0.358 e. The molecule has 2 aromatic rings. The van der Waals surface area contributed by atoms with Crippen molar-refractivity contribution < 1.29 is 9.53 Å². The first-order chi connectivity index (χ1) is 11.7. The lowest BCUT2D eigenvalue weighted by atomic mass is 9.63. The highest BCUT2D eigenvalue weighted by Gasteiger charge is 2.36. The summed E-state index contributed by atoms with van der Waals surface area (Å²) >= 11 is 0. The van der Waals surface area contributed by atoms with Gasteiger partial charge in [-0.15, -0.1) is 0 Å². The second-order valence-corrected chi connectivity index (χ2v) is 7.93. The van der Waals surface area contributed by atoms with Crippen molar-refractivity contribution in [1.82, 2.24) is 9.97 Å². The topological polar surface area (TPSA) is 64.1 Å². The van der Waals surface area contributed by atoms with Gasteiger partial charge in [0, 0.05) is 5.69 Å². The number of aromatic nitrogens is 2. The van der Waals surface area contributed by atoms with Gasteiger partial charge in [-0.3, -0.25) is 0 Å². The second kappa shape index (κ2) is 6.14. The first kappa shape index (κ1) is 17.4. The Morgan fingerprint density at radius 3 is 2.32 bits per heavy atom. The van der Waals surface area contributed by atoms with Crippen molar-refractivity contribution in [3.63, 3.8) is 0 Å². The number of carbonyl (C=O) groups is 1. The first-order valence-electron chi connectivity index (χ1n) is 8.55. The van der Waals surface area contributed by atoms with E-state index in [1.807, 2.05) is 0 Å². The molecular weight excluding hydrogens is 314 g/mol. The Hall–Kier alpha value is -2.43. The number of esters is 1. The minimum Gasteiger partial charge on any atom is -0.464 e. The summed E-state index contributed by atoms with van der Waals surface area (Å²) in [5.41, 5.74) is 4.33. The highest BCUT2D eigenvalue weighted by Crippen LogP contribution is 2.46. The summed E-state index contributed by atoms with van der Waals surface area (Å²) in [6.45, 7) is 9.22. The van der Waals surface area contributed by atoms with Crippen LogP contribution in [0.25, 0.3) is 0 Å². The van der Waals surface area contributed by atoms with Crippen molar-refractivity contribution >= 4 is 17.5 Å². The molecule has 3 rings (SSSR count). The molecule has 0 saturated heterocycles. The lowest BCUT2D eigenvalue weighted by molar-refractivity contribution is 0.0593. The minimum absolute atomic E-state index is 0.156. The van der Waals surface area contributed by atoms with Crippen LogP contribution in [0.2, 0.25) is 0 Å². The molecule has 25 heavy (non-hydrogen) atoms. The molecule has 5 heteroatoms. The van der Waals surface area contributed by atoms with Crippen LogP contribution in [0.3, 0.4) is 0 Å². The predicted molar refractivity (Wildman–Crippen MR) is 98.4 cm³/mol. The molecule has 1 heterocycles. The quantitative estimate of drug-likeness (QED) is 0.842. The van der Waals surface area contributed by atoms with Crippen molar-refractivity contribution in [1.29, 1.82) is 0 Å². The van der Waals surface area contributed by atoms with Crippen molar-refractivity contribution in [2.75, 3.05) is 12.4 Å². The van der Waals surface area contributed by atoms with Crippen molar-refractivity contribution in [2.24, 2.45) is 0 Å². The molecule has 0 amide bonds. The Bertz CT molecular complexity index is 795. The Morgan fingerprint density at radius 2 is 1.72 bits per heavy atom. The van der Waals surface area contributed by atoms with Crippen LogP contribution in [0.15, 0.2) is 30.6 Å². The van der Waals surface area contributed by atoms with Gasteiger partial charge in [-0.05, 0) is 46.9 Å². The number of carbonyl (C=O) groups excluding carboxylic acids is 1. The van der Waals surface area contributed by atoms with Crippen LogP contribution in [0.5, 0.6) is 0 Å². The Kier molecular flexibility index (Phi) is 4.27. The average molecular weight is 339 g/mol. The van der Waals surface area contributed by atoms with Crippen LogP contribution < -0.4 is 5.32 Å². The van der Waals surface area contributed by atoms with E-state index >= 15 is 0 Å². The third-order valence-electron chi connectivity index (χ3n) is 5.17. The highest BCUT2D eigenvalue weighted by atomic mass is 16.5. The van der Waals surface area contributed by atoms with Crippen LogP contribution in [0, 0.1) is 0 Å². The van der Waals surface area contributed by atoms with Crippen molar-refractivity contribution in [3.8, 4) is 0 Å². The number of ether oxygens (including phenoxy) is 1. The van der Waals surface area contributed by atoms with E-state index in [0.29, 0.717) is 5.82 Å². The number of methoxy groups -OCH3 is 1. The molecule has 0 aliphatic heterocycles. The number of benzene rings is 1. The molecule has 1 aromatic carbocycles. The molecule has 1 aromatic heterocycles. The summed E-state index contributed by atoms with van der Waals surface area (Å²) < 4.78 is 4.64. The van der Waals surface area contributed by atoms with Gasteiger partial charge in [0.1, 0.15) is 5.82 Å². The molecule has 1 aliphatic carbocycles. The van der Waals surface area contributed by atoms with Gasteiger partial charge >= 0.3 is 5.97 Å². The normalized spacial score (nSPS) is 17.5. The maximum absolute atomic E-state index is 11.4. The molecule has 0 fully saturated rings. The van der Waals surface area contributed by atoms with Gasteiger partial charge < -0.3 is 10.1 Å². The summed E-state index contributed by atoms with van der Waals surface area (Å²) in [4.78, 5) is 19.8. The van der Waals surface area contributed by atoms with E-state index in [4.69, 9.17) is 0 Å². The molecule has 0 radical (unpaired) electrons. The monoisotopic (exact) mass is 339 g/mol. The second-order valence-electron chi connectivity index (χ2n) is 7.93. The summed E-state index contributed by atoms with van der Waals surface area (Å²) in [6.07, 6.45) is 5.32. The summed E-state index contributed by atoms with van der Waals surface area (Å²) in [5, 5.41) is 3.28. The van der Waals surface area contributed by atoms with Gasteiger partial charge in [-0.2, -0.15) is 0 Å². The van der Waals surface area contributed by atoms with E-state index in [0.717, 1.165) is 5.69 Å². The van der Waals surface area contributed by atoms with Crippen molar-refractivity contribution in [3.05, 3.63) is 47.4 Å². The van der Waals surface area contributed by atoms with Gasteiger partial charge in [0.05, 0.1) is 19.5 Å². The lowest BCUT2D eigenvalue weighted by Gasteiger charge is -2.42. The Labute approximate surface area is 148 Å². The van der Waals surface area contributed by atoms with Gasteiger partial charge in [0.2, 0.25) is 0 Å². The zero-order chi connectivity index (χ0) is 18.2. The molecule has 0 saturated carbocycles. The van der Waals surface area contributed by atoms with Gasteiger partial charge in [0.15, 0.2) is 5.69 Å². The number of rotatable bonds is 3. The van der Waals surface area contributed by atoms with Crippen LogP contribution >= 0.6 is 0 Å². The molecule has 0 atom stereocenters. The molecular formula is C20H25N3O2. The smallest absolute Gasteiger partial charge is 0.358 e. The standard InChI is InChI=1S/C20H25N3O2/c1-19(2)8-9-20(3,4)15-10-13(6-7-14(15)19)23-17-12-21-16(11-22-17)18(24)25-5/h6-7,10-12H,8-9H2,1-5H3,(H,22,23). The largest absolute Gasteiger partial charge is 0.464 e. The highest BCUT2D eigenvalue weighted by molar-refractivity contribution is 5.86. The van der Waals surface area contributed by atoms with Crippen LogP contribution in [0.4, 0.5) is 11.5 Å². The van der Waals surface area contributed by atoms with Crippen LogP contribution in [-0.4, -0.2) is 23.0 Å². The summed E-state index contributed by atoms with van der Waals surface area (Å²) in [6, 6.07) is 6.51. The zero-order valence-corrected chi connectivity index (χ0v) is 15.5. The number of anilines is 2. The number of nitrogens with zero attached hydrogens (tertiary/aromatic N) is 2. The third kappa shape index (κ3) is 3.36. The minimum atomic E-state index is -0.489. The van der Waals surface area contributed by atoms with E-state index in [1.165, 1.54) is 37.3 Å². The van der Waals surface area contributed by atoms with Gasteiger partial charge in [-0.1, -0.05) is 33.8 Å². The fourth-order valence-electron chi connectivity index (χ4n) is 3.42. The molecule has 0 unspecified atom stereocenters. The SMILES string of the molecule is COC(=O)c1cnc(Nc2ccc3c(c2)C(C)(C)CCC3(C)C)cn1. The van der Waals surface area contributed by atoms with E-state index in [9.17, 15) is 4.79 Å². The fraction of sp³-hybridized carbons (Fsp3) is 0.450. The van der Waals surface area contributed by atoms with E-state index in [2.05, 4.69) is 65.9 Å². The molecule has 132 valence electrons. The fourth-order valence-corrected chi connectivity index (χ4v) is 3.42. The van der Waals surface area contributed by atoms with E-state index < -0.39 is 5.97 Å². The maximum atomic E-state index is 11.4. The van der Waals surface area contributed by atoms with Gasteiger partial charge in [-0.25, -0.2) is 14.8 Å². The van der Waals surface area contributed by atoms with E-state index in [1.54, 1.807) is 6.20 Å². The number of hydrogen-bond donors (Lipinski definition) is 1. The molecule has 5 nitrogen and oxygen atoms in total. The number of fused-ring (bicyclic) bond motifs is 1. The molecule has 1 aliphatic rings. The zero-order valence-electron chi connectivity index (χ0n) is 15.5. The van der Waals surface area contributed by atoms with Gasteiger partial charge in [0.25, 0.3) is 0 Å².